The van der Waals surface area contributed by atoms with Crippen molar-refractivity contribution in [3.63, 3.8) is 0 Å². The Bertz CT molecular complexity index is 1310. The van der Waals surface area contributed by atoms with Gasteiger partial charge in [0.1, 0.15) is 6.61 Å². The Hall–Kier alpha value is -2.76. The molecule has 0 radical (unpaired) electrons. The molecule has 1 heterocycles. The number of nitrogens with zero attached hydrogens (tertiary/aromatic N) is 2. The number of amides is 1. The molecule has 0 unspecified atom stereocenters. The number of hydrogen-bond acceptors (Lipinski definition) is 6. The van der Waals surface area contributed by atoms with E-state index in [1.807, 2.05) is 0 Å². The van der Waals surface area contributed by atoms with Crippen LogP contribution in [0.2, 0.25) is 0 Å². The maximum absolute atomic E-state index is 13.8. The van der Waals surface area contributed by atoms with E-state index in [9.17, 15) is 22.5 Å². The largest absolute Gasteiger partial charge is 0.469 e. The molecule has 1 aliphatic carbocycles. The molecule has 2 aromatic rings. The highest BCUT2D eigenvalue weighted by Crippen LogP contribution is 2.41. The van der Waals surface area contributed by atoms with Gasteiger partial charge in [-0.15, -0.1) is 0 Å². The van der Waals surface area contributed by atoms with Crippen molar-refractivity contribution in [2.45, 2.75) is 76.1 Å². The molecule has 2 aromatic carbocycles. The number of oxime groups is 1. The summed E-state index contributed by atoms with van der Waals surface area (Å²) in [5.41, 5.74) is 7.03. The fraction of sp³-hybridized carbons (Fsp3) is 0.517. The molecule has 230 valence electrons. The number of carbonyl (C=O) groups is 1. The molecule has 13 heteroatoms. The highest BCUT2D eigenvalue weighted by atomic mass is 31.2. The van der Waals surface area contributed by atoms with E-state index in [4.69, 9.17) is 20.4 Å². The topological polar surface area (TPSA) is 135 Å². The average molecular weight is 612 g/mol. The third kappa shape index (κ3) is 8.64. The van der Waals surface area contributed by atoms with Crippen LogP contribution in [0.15, 0.2) is 47.6 Å². The molecule has 1 aliphatic heterocycles. The lowest BCUT2D eigenvalue weighted by Crippen LogP contribution is -2.54. The van der Waals surface area contributed by atoms with Crippen LogP contribution in [-0.4, -0.2) is 51.5 Å². The molecule has 42 heavy (non-hydrogen) atoms. The van der Waals surface area contributed by atoms with Gasteiger partial charge in [-0.3, -0.25) is 9.32 Å². The Morgan fingerprint density at radius 2 is 1.69 bits per heavy atom. The van der Waals surface area contributed by atoms with Gasteiger partial charge in [-0.05, 0) is 73.4 Å². The number of rotatable bonds is 9. The van der Waals surface area contributed by atoms with Gasteiger partial charge in [0.25, 0.3) is 5.91 Å². The molecule has 4 rings (SSSR count). The molecule has 0 spiro atoms. The van der Waals surface area contributed by atoms with E-state index >= 15 is 0 Å². The van der Waals surface area contributed by atoms with Crippen LogP contribution < -0.4 is 5.73 Å². The first kappa shape index (κ1) is 32.2. The Kier molecular flexibility index (Phi) is 10.2. The summed E-state index contributed by atoms with van der Waals surface area (Å²) in [5, 5.41) is 4.07. The van der Waals surface area contributed by atoms with E-state index < -0.39 is 25.1 Å². The fourth-order valence-electron chi connectivity index (χ4n) is 5.51. The highest BCUT2D eigenvalue weighted by molar-refractivity contribution is 7.46. The minimum atomic E-state index is -4.63. The van der Waals surface area contributed by atoms with Crippen LogP contribution in [0.5, 0.6) is 0 Å². The van der Waals surface area contributed by atoms with E-state index in [1.165, 1.54) is 0 Å². The van der Waals surface area contributed by atoms with Gasteiger partial charge in [0.2, 0.25) is 0 Å². The first-order chi connectivity index (χ1) is 19.7. The molecule has 1 saturated carbocycles. The van der Waals surface area contributed by atoms with Crippen LogP contribution in [0.3, 0.4) is 0 Å². The summed E-state index contributed by atoms with van der Waals surface area (Å²) in [6.07, 6.45) is 0.721. The second-order valence-corrected chi connectivity index (χ2v) is 12.4. The standard InChI is InChI=1S/C29H37F3N3O6P/c1-20(34-40-18-21-7-12-25(23-5-3-2-4-6-23)26(17-21)29(30,31)32)22-8-10-24(11-9-22)27(36)35-15-13-28(33,14-16-35)19-41-42(37,38)39/h7-12,17,23H,2-6,13-16,18-19,33H2,1H3,(H2,37,38,39). The summed E-state index contributed by atoms with van der Waals surface area (Å²) < 4.78 is 57.0. The monoisotopic (exact) mass is 611 g/mol. The van der Waals surface area contributed by atoms with Crippen molar-refractivity contribution in [3.05, 3.63) is 70.3 Å². The van der Waals surface area contributed by atoms with Crippen molar-refractivity contribution in [2.24, 2.45) is 10.9 Å². The zero-order valence-corrected chi connectivity index (χ0v) is 24.4. The van der Waals surface area contributed by atoms with E-state index in [1.54, 1.807) is 48.2 Å². The molecular weight excluding hydrogens is 574 g/mol. The first-order valence-corrected chi connectivity index (χ1v) is 15.5. The van der Waals surface area contributed by atoms with Gasteiger partial charge in [-0.1, -0.05) is 48.7 Å². The summed E-state index contributed by atoms with van der Waals surface area (Å²) in [5.74, 6) is -0.276. The van der Waals surface area contributed by atoms with Gasteiger partial charge >= 0.3 is 14.0 Å². The number of piperidine rings is 1. The van der Waals surface area contributed by atoms with E-state index in [-0.39, 0.29) is 25.0 Å². The summed E-state index contributed by atoms with van der Waals surface area (Å²) in [4.78, 5) is 37.8. The maximum Gasteiger partial charge on any atom is 0.469 e. The van der Waals surface area contributed by atoms with Crippen LogP contribution >= 0.6 is 7.82 Å². The molecule has 0 aromatic heterocycles. The number of hydrogen-bond donors (Lipinski definition) is 3. The van der Waals surface area contributed by atoms with Gasteiger partial charge in [-0.25, -0.2) is 4.57 Å². The van der Waals surface area contributed by atoms with Gasteiger partial charge < -0.3 is 25.3 Å². The third-order valence-corrected chi connectivity index (χ3v) is 8.48. The molecular formula is C29H37F3N3O6P. The zero-order chi connectivity index (χ0) is 30.5. The normalized spacial score (nSPS) is 18.6. The predicted octanol–water partition coefficient (Wildman–Crippen LogP) is 5.74. The lowest BCUT2D eigenvalue weighted by molar-refractivity contribution is -0.138. The summed E-state index contributed by atoms with van der Waals surface area (Å²) in [6.45, 7) is 1.92. The molecule has 1 amide bonds. The lowest BCUT2D eigenvalue weighted by atomic mass is 9.81. The maximum atomic E-state index is 13.8. The molecule has 0 atom stereocenters. The number of phosphoric acid groups is 1. The zero-order valence-electron chi connectivity index (χ0n) is 23.5. The van der Waals surface area contributed by atoms with Crippen molar-refractivity contribution in [2.75, 3.05) is 19.7 Å². The Balaban J connectivity index is 1.33. The molecule has 2 fully saturated rings. The number of benzene rings is 2. The van der Waals surface area contributed by atoms with Crippen molar-refractivity contribution in [1.82, 2.24) is 4.90 Å². The van der Waals surface area contributed by atoms with Crippen molar-refractivity contribution < 1.29 is 41.7 Å². The van der Waals surface area contributed by atoms with Gasteiger partial charge in [0.15, 0.2) is 0 Å². The van der Waals surface area contributed by atoms with E-state index in [2.05, 4.69) is 9.68 Å². The van der Waals surface area contributed by atoms with Crippen LogP contribution in [0.25, 0.3) is 0 Å². The predicted molar refractivity (Wildman–Crippen MR) is 151 cm³/mol. The van der Waals surface area contributed by atoms with Gasteiger partial charge in [0, 0.05) is 24.2 Å². The summed E-state index contributed by atoms with van der Waals surface area (Å²) >= 11 is 0. The second kappa shape index (κ2) is 13.3. The number of likely N-dealkylation sites (tertiary alicyclic amines) is 1. The van der Waals surface area contributed by atoms with Gasteiger partial charge in [-0.2, -0.15) is 13.2 Å². The summed E-state index contributed by atoms with van der Waals surface area (Å²) in [7, 11) is -4.63. The van der Waals surface area contributed by atoms with Crippen LogP contribution in [0.4, 0.5) is 13.2 Å². The molecule has 2 aliphatic rings. The van der Waals surface area contributed by atoms with E-state index in [0.717, 1.165) is 38.2 Å². The fourth-order valence-corrected chi connectivity index (χ4v) is 5.94. The number of halogens is 3. The minimum Gasteiger partial charge on any atom is -0.391 e. The number of phosphoric ester groups is 1. The lowest BCUT2D eigenvalue weighted by Gasteiger charge is -2.38. The molecule has 0 bridgehead atoms. The van der Waals surface area contributed by atoms with Crippen molar-refractivity contribution in [3.8, 4) is 0 Å². The number of carbonyl (C=O) groups excluding carboxylic acids is 1. The second-order valence-electron chi connectivity index (χ2n) is 11.2. The van der Waals surface area contributed by atoms with Crippen molar-refractivity contribution in [1.29, 1.82) is 0 Å². The molecule has 1 saturated heterocycles. The smallest absolute Gasteiger partial charge is 0.391 e. The van der Waals surface area contributed by atoms with Gasteiger partial charge in [0.05, 0.1) is 17.9 Å². The number of nitrogens with two attached hydrogens (primary N) is 1. The van der Waals surface area contributed by atoms with E-state index in [0.29, 0.717) is 53.9 Å². The third-order valence-electron chi connectivity index (χ3n) is 8.02. The quantitative estimate of drug-likeness (QED) is 0.187. The van der Waals surface area contributed by atoms with Crippen molar-refractivity contribution >= 4 is 19.4 Å². The van der Waals surface area contributed by atoms with Crippen LogP contribution in [0.1, 0.15) is 90.4 Å². The number of alkyl halides is 3. The Morgan fingerprint density at radius 3 is 2.29 bits per heavy atom. The highest BCUT2D eigenvalue weighted by Gasteiger charge is 2.36. The Morgan fingerprint density at radius 1 is 1.07 bits per heavy atom. The average Bonchev–Trinajstić information content (AvgIpc) is 2.96. The first-order valence-electron chi connectivity index (χ1n) is 14.0. The van der Waals surface area contributed by atoms with Crippen LogP contribution in [0, 0.1) is 0 Å². The molecule has 9 nitrogen and oxygen atoms in total. The SMILES string of the molecule is CC(=NOCc1ccc(C2CCCCC2)c(C(F)(F)F)c1)c1ccc(C(=O)N2CCC(N)(COP(=O)(O)O)CC2)cc1. The summed E-state index contributed by atoms with van der Waals surface area (Å²) in [6, 6.07) is 11.1. The Labute approximate surface area is 243 Å². The minimum absolute atomic E-state index is 0.0697. The van der Waals surface area contributed by atoms with Crippen LogP contribution in [-0.2, 0) is 26.7 Å². The molecule has 4 N–H and O–H groups in total.